The van der Waals surface area contributed by atoms with Crippen LogP contribution in [0.25, 0.3) is 17.2 Å². The number of pyridine rings is 1. The SMILES string of the molecule is O=C1c2c3ccc(-c4ccncc4)c2C(=O)N(c2cccc(Cl)c2)C1C=C3. The molecule has 1 aromatic heterocycles. The first-order valence-corrected chi connectivity index (χ1v) is 8.92. The van der Waals surface area contributed by atoms with Crippen LogP contribution in [0, 0.1) is 0 Å². The maximum Gasteiger partial charge on any atom is 0.260 e. The summed E-state index contributed by atoms with van der Waals surface area (Å²) in [5.41, 5.74) is 3.90. The molecule has 1 unspecified atom stereocenters. The number of aromatic nitrogens is 1. The molecular weight excluding hydrogens is 360 g/mol. The molecule has 27 heavy (non-hydrogen) atoms. The molecular formula is C22H13ClN2O2. The van der Waals surface area contributed by atoms with E-state index in [1.165, 1.54) is 4.90 Å². The lowest BCUT2D eigenvalue weighted by Gasteiger charge is -2.37. The van der Waals surface area contributed by atoms with Crippen molar-refractivity contribution < 1.29 is 9.59 Å². The number of amides is 1. The van der Waals surface area contributed by atoms with Gasteiger partial charge in [-0.2, -0.15) is 0 Å². The molecule has 1 amide bonds. The van der Waals surface area contributed by atoms with Gasteiger partial charge in [-0.3, -0.25) is 19.5 Å². The smallest absolute Gasteiger partial charge is 0.260 e. The van der Waals surface area contributed by atoms with Gasteiger partial charge >= 0.3 is 0 Å². The summed E-state index contributed by atoms with van der Waals surface area (Å²) < 4.78 is 0. The predicted molar refractivity (Wildman–Crippen MR) is 105 cm³/mol. The lowest BCUT2D eigenvalue weighted by atomic mass is 9.80. The van der Waals surface area contributed by atoms with Crippen molar-refractivity contribution in [1.82, 2.24) is 4.98 Å². The van der Waals surface area contributed by atoms with Gasteiger partial charge in [0.2, 0.25) is 0 Å². The van der Waals surface area contributed by atoms with E-state index in [1.54, 1.807) is 42.7 Å². The monoisotopic (exact) mass is 372 g/mol. The normalized spacial score (nSPS) is 17.4. The van der Waals surface area contributed by atoms with Crippen LogP contribution in [0.15, 0.2) is 67.0 Å². The first kappa shape index (κ1) is 16.0. The van der Waals surface area contributed by atoms with Crippen LogP contribution in [0.1, 0.15) is 26.3 Å². The predicted octanol–water partition coefficient (Wildman–Crippen LogP) is 4.64. The minimum atomic E-state index is -0.649. The Hall–Kier alpha value is -3.24. The van der Waals surface area contributed by atoms with Crippen molar-refractivity contribution >= 4 is 35.1 Å². The van der Waals surface area contributed by atoms with Gasteiger partial charge in [-0.15, -0.1) is 0 Å². The maximum absolute atomic E-state index is 13.5. The van der Waals surface area contributed by atoms with Crippen LogP contribution in [0.3, 0.4) is 0 Å². The summed E-state index contributed by atoms with van der Waals surface area (Å²) in [4.78, 5) is 32.3. The third-order valence-corrected chi connectivity index (χ3v) is 5.23. The molecule has 4 nitrogen and oxygen atoms in total. The van der Waals surface area contributed by atoms with Gasteiger partial charge in [-0.05, 0) is 47.0 Å². The van der Waals surface area contributed by atoms with Gasteiger partial charge in [0.1, 0.15) is 6.04 Å². The minimum Gasteiger partial charge on any atom is -0.294 e. The zero-order valence-electron chi connectivity index (χ0n) is 14.1. The van der Waals surface area contributed by atoms with E-state index in [1.807, 2.05) is 30.3 Å². The van der Waals surface area contributed by atoms with Gasteiger partial charge in [0, 0.05) is 28.7 Å². The van der Waals surface area contributed by atoms with Gasteiger partial charge in [-0.1, -0.05) is 42.0 Å². The zero-order chi connectivity index (χ0) is 18.5. The number of ketones is 1. The molecule has 2 aliphatic rings. The fraction of sp³-hybridized carbons (Fsp3) is 0.0455. The second-order valence-electron chi connectivity index (χ2n) is 6.51. The van der Waals surface area contributed by atoms with Crippen LogP contribution in [0.4, 0.5) is 5.69 Å². The van der Waals surface area contributed by atoms with Crippen molar-refractivity contribution in [3.8, 4) is 11.1 Å². The van der Waals surface area contributed by atoms with E-state index in [0.29, 0.717) is 21.8 Å². The summed E-state index contributed by atoms with van der Waals surface area (Å²) in [5.74, 6) is -0.270. The maximum atomic E-state index is 13.5. The van der Waals surface area contributed by atoms with Crippen LogP contribution in [0.2, 0.25) is 5.02 Å². The number of hydrogen-bond donors (Lipinski definition) is 0. The molecule has 2 aromatic carbocycles. The fourth-order valence-corrected chi connectivity index (χ4v) is 3.99. The molecule has 0 spiro atoms. The summed E-state index contributed by atoms with van der Waals surface area (Å²) >= 11 is 6.13. The van der Waals surface area contributed by atoms with E-state index in [-0.39, 0.29) is 11.7 Å². The van der Waals surface area contributed by atoms with Gasteiger partial charge < -0.3 is 0 Å². The Morgan fingerprint density at radius 2 is 1.78 bits per heavy atom. The molecule has 0 radical (unpaired) electrons. The van der Waals surface area contributed by atoms with Gasteiger partial charge in [0.25, 0.3) is 5.91 Å². The van der Waals surface area contributed by atoms with Crippen molar-refractivity contribution in [2.75, 3.05) is 4.90 Å². The Labute approximate surface area is 160 Å². The Bertz CT molecular complexity index is 1140. The van der Waals surface area contributed by atoms with E-state index in [9.17, 15) is 9.59 Å². The number of benzene rings is 2. The number of carbonyl (C=O) groups excluding carboxylic acids is 2. The second kappa shape index (κ2) is 5.89. The van der Waals surface area contributed by atoms with E-state index < -0.39 is 6.04 Å². The van der Waals surface area contributed by atoms with E-state index in [4.69, 9.17) is 11.6 Å². The highest BCUT2D eigenvalue weighted by Crippen LogP contribution is 2.39. The first-order valence-electron chi connectivity index (χ1n) is 8.54. The van der Waals surface area contributed by atoms with Crippen molar-refractivity contribution in [2.45, 2.75) is 6.04 Å². The van der Waals surface area contributed by atoms with Crippen LogP contribution in [-0.2, 0) is 0 Å². The molecule has 0 saturated carbocycles. The molecule has 0 fully saturated rings. The summed E-state index contributed by atoms with van der Waals surface area (Å²) in [6.07, 6.45) is 7.03. The average Bonchev–Trinajstić information content (AvgIpc) is 2.69. The molecule has 5 rings (SSSR count). The van der Waals surface area contributed by atoms with Crippen LogP contribution >= 0.6 is 11.6 Å². The molecule has 1 aliphatic carbocycles. The fourth-order valence-electron chi connectivity index (χ4n) is 3.80. The zero-order valence-corrected chi connectivity index (χ0v) is 14.9. The lowest BCUT2D eigenvalue weighted by molar-refractivity contribution is 0.0885. The van der Waals surface area contributed by atoms with E-state index in [0.717, 1.165) is 16.7 Å². The Morgan fingerprint density at radius 1 is 0.963 bits per heavy atom. The first-order chi connectivity index (χ1) is 13.1. The van der Waals surface area contributed by atoms with Crippen molar-refractivity contribution in [1.29, 1.82) is 0 Å². The Balaban J connectivity index is 1.78. The quantitative estimate of drug-likeness (QED) is 0.658. The van der Waals surface area contributed by atoms with Gasteiger partial charge in [0.15, 0.2) is 5.78 Å². The third kappa shape index (κ3) is 2.34. The van der Waals surface area contributed by atoms with Crippen LogP contribution in [0.5, 0.6) is 0 Å². The Kier molecular flexibility index (Phi) is 3.49. The molecule has 3 aromatic rings. The third-order valence-electron chi connectivity index (χ3n) is 5.00. The number of carbonyl (C=O) groups is 2. The molecule has 2 heterocycles. The number of fused-ring (bicyclic) bond motifs is 1. The highest BCUT2D eigenvalue weighted by Gasteiger charge is 2.42. The average molecular weight is 373 g/mol. The summed E-state index contributed by atoms with van der Waals surface area (Å²) in [7, 11) is 0. The van der Waals surface area contributed by atoms with Crippen LogP contribution < -0.4 is 4.90 Å². The molecule has 2 bridgehead atoms. The number of halogens is 1. The molecule has 130 valence electrons. The second-order valence-corrected chi connectivity index (χ2v) is 6.95. The summed E-state index contributed by atoms with van der Waals surface area (Å²) in [6, 6.07) is 13.8. The highest BCUT2D eigenvalue weighted by molar-refractivity contribution is 6.31. The standard InChI is InChI=1S/C22H13ClN2O2/c23-15-2-1-3-16(12-15)25-18-7-5-14-4-6-17(13-8-10-24-11-9-13)20(22(25)27)19(14)21(18)26/h1-12,18H. The molecule has 5 heteroatoms. The number of Topliss-reactive ketones (excluding diaryl/α,β-unsaturated/α-hetero) is 1. The van der Waals surface area contributed by atoms with E-state index in [2.05, 4.69) is 4.98 Å². The van der Waals surface area contributed by atoms with Crippen molar-refractivity contribution in [2.24, 2.45) is 0 Å². The summed E-state index contributed by atoms with van der Waals surface area (Å²) in [6.45, 7) is 0. The molecule has 0 saturated heterocycles. The number of anilines is 1. The van der Waals surface area contributed by atoms with E-state index >= 15 is 0 Å². The summed E-state index contributed by atoms with van der Waals surface area (Å²) in [5, 5.41) is 0.515. The molecule has 1 atom stereocenters. The minimum absolute atomic E-state index is 0.0713. The van der Waals surface area contributed by atoms with Crippen molar-refractivity contribution in [3.05, 3.63) is 88.7 Å². The molecule has 0 N–H and O–H groups in total. The number of rotatable bonds is 2. The van der Waals surface area contributed by atoms with Gasteiger partial charge in [0.05, 0.1) is 5.56 Å². The Morgan fingerprint density at radius 3 is 2.56 bits per heavy atom. The lowest BCUT2D eigenvalue weighted by Crippen LogP contribution is -2.50. The van der Waals surface area contributed by atoms with Crippen LogP contribution in [-0.4, -0.2) is 22.7 Å². The topological polar surface area (TPSA) is 50.3 Å². The number of hydrogen-bond acceptors (Lipinski definition) is 3. The largest absolute Gasteiger partial charge is 0.294 e. The highest BCUT2D eigenvalue weighted by atomic mass is 35.5. The van der Waals surface area contributed by atoms with Gasteiger partial charge in [-0.25, -0.2) is 0 Å². The number of nitrogens with zero attached hydrogens (tertiary/aromatic N) is 2. The van der Waals surface area contributed by atoms with Crippen molar-refractivity contribution in [3.63, 3.8) is 0 Å². The molecule has 1 aliphatic heterocycles.